The molecule has 1 saturated heterocycles. The van der Waals surface area contributed by atoms with E-state index in [0.29, 0.717) is 6.04 Å². The van der Waals surface area contributed by atoms with Crippen LogP contribution >= 0.6 is 15.9 Å². The van der Waals surface area contributed by atoms with Crippen LogP contribution in [-0.4, -0.2) is 18.6 Å². The summed E-state index contributed by atoms with van der Waals surface area (Å²) in [6, 6.07) is 9.96. The molecule has 0 amide bonds. The second-order valence-corrected chi connectivity index (χ2v) is 6.47. The van der Waals surface area contributed by atoms with Crippen molar-refractivity contribution in [2.24, 2.45) is 5.92 Å². The fourth-order valence-corrected chi connectivity index (χ4v) is 3.75. The number of anilines is 1. The molecule has 1 aromatic carbocycles. The van der Waals surface area contributed by atoms with E-state index in [0.717, 1.165) is 16.4 Å². The van der Waals surface area contributed by atoms with Crippen molar-refractivity contribution < 1.29 is 0 Å². The average Bonchev–Trinajstić information content (AvgIpc) is 3.02. The first-order valence-electron chi connectivity index (χ1n) is 7.08. The number of hydrogen-bond acceptors (Lipinski definition) is 2. The zero-order valence-electron chi connectivity index (χ0n) is 10.7. The van der Waals surface area contributed by atoms with Gasteiger partial charge in [-0.25, -0.2) is 0 Å². The first kappa shape index (κ1) is 12.5. The average molecular weight is 309 g/mol. The highest BCUT2D eigenvalue weighted by molar-refractivity contribution is 9.10. The molecule has 2 N–H and O–H groups in total. The van der Waals surface area contributed by atoms with E-state index in [4.69, 9.17) is 0 Å². The molecule has 0 aromatic heterocycles. The lowest BCUT2D eigenvalue weighted by Crippen LogP contribution is -2.38. The number of rotatable bonds is 3. The van der Waals surface area contributed by atoms with Crippen LogP contribution in [0.25, 0.3) is 0 Å². The van der Waals surface area contributed by atoms with E-state index in [1.54, 1.807) is 0 Å². The molecule has 1 saturated carbocycles. The van der Waals surface area contributed by atoms with Gasteiger partial charge in [-0.3, -0.25) is 0 Å². The van der Waals surface area contributed by atoms with Gasteiger partial charge in [0.05, 0.1) is 0 Å². The standard InChI is InChI=1S/C15H21BrN2/c16-11-6-8-12(9-7-11)18-15-4-1-3-13(15)14-5-2-10-17-14/h6-9,13-15,17-18H,1-5,10H2. The lowest BCUT2D eigenvalue weighted by Gasteiger charge is -2.27. The smallest absolute Gasteiger partial charge is 0.0343 e. The predicted octanol–water partition coefficient (Wildman–Crippen LogP) is 3.78. The van der Waals surface area contributed by atoms with Gasteiger partial charge in [0, 0.05) is 22.2 Å². The normalized spacial score (nSPS) is 31.7. The van der Waals surface area contributed by atoms with Crippen molar-refractivity contribution in [2.75, 3.05) is 11.9 Å². The van der Waals surface area contributed by atoms with E-state index in [-0.39, 0.29) is 0 Å². The third-order valence-corrected chi connectivity index (χ3v) is 4.91. The molecule has 0 spiro atoms. The fraction of sp³-hybridized carbons (Fsp3) is 0.600. The summed E-state index contributed by atoms with van der Waals surface area (Å²) in [6.07, 6.45) is 6.79. The maximum Gasteiger partial charge on any atom is 0.0343 e. The summed E-state index contributed by atoms with van der Waals surface area (Å²) in [6.45, 7) is 1.21. The van der Waals surface area contributed by atoms with E-state index in [9.17, 15) is 0 Å². The Morgan fingerprint density at radius 2 is 1.89 bits per heavy atom. The van der Waals surface area contributed by atoms with Gasteiger partial charge in [0.1, 0.15) is 0 Å². The van der Waals surface area contributed by atoms with Gasteiger partial charge in [-0.1, -0.05) is 22.4 Å². The highest BCUT2D eigenvalue weighted by atomic mass is 79.9. The first-order chi connectivity index (χ1) is 8.83. The Kier molecular flexibility index (Phi) is 3.90. The molecule has 1 aromatic rings. The Labute approximate surface area is 118 Å². The lowest BCUT2D eigenvalue weighted by molar-refractivity contribution is 0.376. The molecule has 3 heteroatoms. The van der Waals surface area contributed by atoms with Crippen molar-refractivity contribution in [3.63, 3.8) is 0 Å². The van der Waals surface area contributed by atoms with Gasteiger partial charge in [-0.15, -0.1) is 0 Å². The summed E-state index contributed by atoms with van der Waals surface area (Å²) in [5.41, 5.74) is 1.26. The molecule has 2 nitrogen and oxygen atoms in total. The predicted molar refractivity (Wildman–Crippen MR) is 79.9 cm³/mol. The highest BCUT2D eigenvalue weighted by Gasteiger charge is 2.34. The second-order valence-electron chi connectivity index (χ2n) is 5.56. The summed E-state index contributed by atoms with van der Waals surface area (Å²) >= 11 is 3.49. The van der Waals surface area contributed by atoms with Crippen molar-refractivity contribution in [1.29, 1.82) is 0 Å². The third kappa shape index (κ3) is 2.72. The lowest BCUT2D eigenvalue weighted by atomic mass is 9.93. The van der Waals surface area contributed by atoms with Gasteiger partial charge < -0.3 is 10.6 Å². The van der Waals surface area contributed by atoms with E-state index in [1.807, 2.05) is 0 Å². The topological polar surface area (TPSA) is 24.1 Å². The van der Waals surface area contributed by atoms with Crippen LogP contribution in [0.15, 0.2) is 28.7 Å². The van der Waals surface area contributed by atoms with Crippen LogP contribution in [0.5, 0.6) is 0 Å². The fourth-order valence-electron chi connectivity index (χ4n) is 3.49. The van der Waals surface area contributed by atoms with Crippen LogP contribution in [0.1, 0.15) is 32.1 Å². The molecule has 3 unspecified atom stereocenters. The molecule has 98 valence electrons. The van der Waals surface area contributed by atoms with Gasteiger partial charge in [0.2, 0.25) is 0 Å². The van der Waals surface area contributed by atoms with E-state index in [1.165, 1.54) is 44.3 Å². The number of halogens is 1. The minimum absolute atomic E-state index is 0.654. The van der Waals surface area contributed by atoms with Crippen molar-refractivity contribution in [3.8, 4) is 0 Å². The maximum absolute atomic E-state index is 3.73. The van der Waals surface area contributed by atoms with E-state index in [2.05, 4.69) is 50.8 Å². The van der Waals surface area contributed by atoms with Crippen LogP contribution in [0.2, 0.25) is 0 Å². The zero-order chi connectivity index (χ0) is 12.4. The van der Waals surface area contributed by atoms with Gasteiger partial charge in [-0.05, 0) is 62.4 Å². The quantitative estimate of drug-likeness (QED) is 0.888. The Bertz CT molecular complexity index is 384. The Morgan fingerprint density at radius 3 is 2.61 bits per heavy atom. The highest BCUT2D eigenvalue weighted by Crippen LogP contribution is 2.34. The van der Waals surface area contributed by atoms with Gasteiger partial charge in [0.25, 0.3) is 0 Å². The summed E-state index contributed by atoms with van der Waals surface area (Å²) in [7, 11) is 0. The summed E-state index contributed by atoms with van der Waals surface area (Å²) < 4.78 is 1.15. The molecule has 1 aliphatic carbocycles. The van der Waals surface area contributed by atoms with Crippen molar-refractivity contribution >= 4 is 21.6 Å². The van der Waals surface area contributed by atoms with Crippen LogP contribution in [0, 0.1) is 5.92 Å². The van der Waals surface area contributed by atoms with E-state index < -0.39 is 0 Å². The zero-order valence-corrected chi connectivity index (χ0v) is 12.2. The van der Waals surface area contributed by atoms with Crippen molar-refractivity contribution in [2.45, 2.75) is 44.2 Å². The summed E-state index contributed by atoms with van der Waals surface area (Å²) in [4.78, 5) is 0. The molecule has 0 radical (unpaired) electrons. The Hall–Kier alpha value is -0.540. The molecule has 0 bridgehead atoms. The van der Waals surface area contributed by atoms with Gasteiger partial charge in [0.15, 0.2) is 0 Å². The van der Waals surface area contributed by atoms with Crippen LogP contribution in [-0.2, 0) is 0 Å². The summed E-state index contributed by atoms with van der Waals surface area (Å²) in [5, 5.41) is 7.41. The summed E-state index contributed by atoms with van der Waals surface area (Å²) in [5.74, 6) is 0.816. The van der Waals surface area contributed by atoms with E-state index >= 15 is 0 Å². The molecule has 2 aliphatic rings. The molecule has 1 heterocycles. The molecule has 3 rings (SSSR count). The minimum Gasteiger partial charge on any atom is -0.382 e. The molecule has 1 aliphatic heterocycles. The first-order valence-corrected chi connectivity index (χ1v) is 7.88. The second kappa shape index (κ2) is 5.62. The molecule has 2 fully saturated rings. The van der Waals surface area contributed by atoms with Gasteiger partial charge in [-0.2, -0.15) is 0 Å². The molecule has 18 heavy (non-hydrogen) atoms. The Morgan fingerprint density at radius 1 is 1.06 bits per heavy atom. The molecule has 3 atom stereocenters. The largest absolute Gasteiger partial charge is 0.382 e. The molecular weight excluding hydrogens is 288 g/mol. The van der Waals surface area contributed by atoms with Crippen LogP contribution in [0.3, 0.4) is 0 Å². The van der Waals surface area contributed by atoms with Crippen LogP contribution in [0.4, 0.5) is 5.69 Å². The van der Waals surface area contributed by atoms with Crippen molar-refractivity contribution in [1.82, 2.24) is 5.32 Å². The minimum atomic E-state index is 0.654. The van der Waals surface area contributed by atoms with Crippen LogP contribution < -0.4 is 10.6 Å². The SMILES string of the molecule is Brc1ccc(NC2CCCC2C2CCCN2)cc1. The maximum atomic E-state index is 3.73. The number of nitrogens with one attached hydrogen (secondary N) is 2. The number of hydrogen-bond donors (Lipinski definition) is 2. The molecular formula is C15H21BrN2. The monoisotopic (exact) mass is 308 g/mol. The Balaban J connectivity index is 1.65. The van der Waals surface area contributed by atoms with Gasteiger partial charge >= 0.3 is 0 Å². The van der Waals surface area contributed by atoms with Crippen molar-refractivity contribution in [3.05, 3.63) is 28.7 Å². The number of benzene rings is 1. The third-order valence-electron chi connectivity index (χ3n) is 4.38.